The largest absolute Gasteiger partial charge is 0.353 e. The SMILES string of the molecule is CC(C)c1nc(N2CCC(NC(=O)[C@@H](C)Cn3cncn3)CC2)ncc1-c1ccncc1. The van der Waals surface area contributed by atoms with Gasteiger partial charge in [0, 0.05) is 43.3 Å². The van der Waals surface area contributed by atoms with Crippen LogP contribution in [0.3, 0.4) is 0 Å². The van der Waals surface area contributed by atoms with Gasteiger partial charge in [-0.1, -0.05) is 20.8 Å². The molecule has 0 radical (unpaired) electrons. The van der Waals surface area contributed by atoms with Crippen molar-refractivity contribution < 1.29 is 4.79 Å². The summed E-state index contributed by atoms with van der Waals surface area (Å²) in [5.41, 5.74) is 3.17. The lowest BCUT2D eigenvalue weighted by Crippen LogP contribution is -2.47. The number of hydrogen-bond donors (Lipinski definition) is 1. The molecule has 1 aliphatic rings. The summed E-state index contributed by atoms with van der Waals surface area (Å²) in [7, 11) is 0. The molecule has 1 amide bonds. The summed E-state index contributed by atoms with van der Waals surface area (Å²) in [6, 6.07) is 4.14. The van der Waals surface area contributed by atoms with Crippen molar-refractivity contribution in [3.63, 3.8) is 0 Å². The van der Waals surface area contributed by atoms with Crippen LogP contribution in [0, 0.1) is 5.92 Å². The summed E-state index contributed by atoms with van der Waals surface area (Å²) >= 11 is 0. The first-order valence-electron chi connectivity index (χ1n) is 11.2. The Morgan fingerprint density at radius 3 is 2.56 bits per heavy atom. The fraction of sp³-hybridized carbons (Fsp3) is 0.478. The lowest BCUT2D eigenvalue weighted by molar-refractivity contribution is -0.125. The van der Waals surface area contributed by atoms with Gasteiger partial charge < -0.3 is 10.2 Å². The monoisotopic (exact) mass is 434 g/mol. The number of rotatable bonds is 7. The second-order valence-corrected chi connectivity index (χ2v) is 8.65. The number of pyridine rings is 1. The Morgan fingerprint density at radius 1 is 1.16 bits per heavy atom. The number of aromatic nitrogens is 6. The van der Waals surface area contributed by atoms with Crippen molar-refractivity contribution in [1.29, 1.82) is 0 Å². The zero-order valence-corrected chi connectivity index (χ0v) is 18.8. The van der Waals surface area contributed by atoms with E-state index < -0.39 is 0 Å². The maximum Gasteiger partial charge on any atom is 0.225 e. The zero-order valence-electron chi connectivity index (χ0n) is 18.8. The quantitative estimate of drug-likeness (QED) is 0.610. The van der Waals surface area contributed by atoms with Gasteiger partial charge in [0.1, 0.15) is 12.7 Å². The molecule has 0 aromatic carbocycles. The van der Waals surface area contributed by atoms with E-state index in [1.54, 1.807) is 23.4 Å². The molecule has 0 bridgehead atoms. The van der Waals surface area contributed by atoms with Crippen LogP contribution in [-0.4, -0.2) is 54.8 Å². The van der Waals surface area contributed by atoms with Gasteiger partial charge in [-0.3, -0.25) is 14.5 Å². The molecule has 1 fully saturated rings. The molecule has 0 spiro atoms. The van der Waals surface area contributed by atoms with E-state index in [0.717, 1.165) is 48.7 Å². The standard InChI is InChI=1S/C23H30N8O/c1-16(2)21-20(18-4-8-24-9-5-18)12-26-23(29-21)30-10-6-19(7-11-30)28-22(32)17(3)13-31-15-25-14-27-31/h4-5,8-9,12,14-17,19H,6-7,10-11,13H2,1-3H3,(H,28,32)/t17-/m0/s1. The van der Waals surface area contributed by atoms with Gasteiger partial charge in [0.05, 0.1) is 18.2 Å². The molecule has 3 aromatic heterocycles. The van der Waals surface area contributed by atoms with Gasteiger partial charge in [-0.25, -0.2) is 15.0 Å². The van der Waals surface area contributed by atoms with Gasteiger partial charge in [0.15, 0.2) is 0 Å². The predicted octanol–water partition coefficient (Wildman–Crippen LogP) is 2.67. The highest BCUT2D eigenvalue weighted by molar-refractivity contribution is 5.78. The van der Waals surface area contributed by atoms with Crippen molar-refractivity contribution >= 4 is 11.9 Å². The normalized spacial score (nSPS) is 15.7. The minimum absolute atomic E-state index is 0.0546. The van der Waals surface area contributed by atoms with Crippen LogP contribution >= 0.6 is 0 Å². The van der Waals surface area contributed by atoms with Gasteiger partial charge in [-0.2, -0.15) is 5.10 Å². The van der Waals surface area contributed by atoms with Crippen molar-refractivity contribution in [3.8, 4) is 11.1 Å². The molecule has 0 aliphatic carbocycles. The highest BCUT2D eigenvalue weighted by Gasteiger charge is 2.25. The number of carbonyl (C=O) groups excluding carboxylic acids is 1. The zero-order chi connectivity index (χ0) is 22.5. The van der Waals surface area contributed by atoms with E-state index in [0.29, 0.717) is 6.54 Å². The Hall–Kier alpha value is -3.36. The fourth-order valence-corrected chi connectivity index (χ4v) is 3.99. The van der Waals surface area contributed by atoms with Crippen molar-refractivity contribution in [1.82, 2.24) is 35.0 Å². The highest BCUT2D eigenvalue weighted by Crippen LogP contribution is 2.29. The lowest BCUT2D eigenvalue weighted by atomic mass is 10.00. The van der Waals surface area contributed by atoms with E-state index in [4.69, 9.17) is 4.98 Å². The molecule has 1 atom stereocenters. The van der Waals surface area contributed by atoms with E-state index in [2.05, 4.69) is 44.1 Å². The molecule has 168 valence electrons. The van der Waals surface area contributed by atoms with Crippen LogP contribution in [-0.2, 0) is 11.3 Å². The lowest BCUT2D eigenvalue weighted by Gasteiger charge is -2.33. The third kappa shape index (κ3) is 5.09. The first-order chi connectivity index (χ1) is 15.5. The molecule has 0 saturated carbocycles. The van der Waals surface area contributed by atoms with Crippen LogP contribution in [0.25, 0.3) is 11.1 Å². The molecule has 1 aliphatic heterocycles. The van der Waals surface area contributed by atoms with Crippen molar-refractivity contribution in [2.24, 2.45) is 5.92 Å². The first-order valence-corrected chi connectivity index (χ1v) is 11.2. The molecule has 4 heterocycles. The number of nitrogens with one attached hydrogen (secondary N) is 1. The van der Waals surface area contributed by atoms with Crippen molar-refractivity contribution in [2.75, 3.05) is 18.0 Å². The van der Waals surface area contributed by atoms with Crippen LogP contribution < -0.4 is 10.2 Å². The first kappa shape index (κ1) is 21.9. The summed E-state index contributed by atoms with van der Waals surface area (Å²) in [6.45, 7) is 8.37. The molecular formula is C23H30N8O. The van der Waals surface area contributed by atoms with Crippen LogP contribution in [0.5, 0.6) is 0 Å². The van der Waals surface area contributed by atoms with E-state index in [1.807, 2.05) is 25.3 Å². The Balaban J connectivity index is 1.36. The molecule has 9 heteroatoms. The summed E-state index contributed by atoms with van der Waals surface area (Å²) in [4.78, 5) is 32.4. The third-order valence-corrected chi connectivity index (χ3v) is 5.84. The minimum Gasteiger partial charge on any atom is -0.353 e. The number of piperidine rings is 1. The topological polar surface area (TPSA) is 102 Å². The molecule has 1 N–H and O–H groups in total. The van der Waals surface area contributed by atoms with Gasteiger partial charge in [-0.05, 0) is 36.5 Å². The minimum atomic E-state index is -0.160. The molecule has 3 aromatic rings. The van der Waals surface area contributed by atoms with Crippen molar-refractivity contribution in [3.05, 3.63) is 49.1 Å². The number of amides is 1. The average Bonchev–Trinajstić information content (AvgIpc) is 3.33. The van der Waals surface area contributed by atoms with Crippen LogP contribution in [0.4, 0.5) is 5.95 Å². The summed E-state index contributed by atoms with van der Waals surface area (Å²) in [6.07, 6.45) is 10.4. The Bertz CT molecular complexity index is 1010. The Morgan fingerprint density at radius 2 is 1.91 bits per heavy atom. The third-order valence-electron chi connectivity index (χ3n) is 5.84. The fourth-order valence-electron chi connectivity index (χ4n) is 3.99. The maximum absolute atomic E-state index is 12.6. The number of carbonyl (C=O) groups is 1. The van der Waals surface area contributed by atoms with Crippen LogP contribution in [0.2, 0.25) is 0 Å². The van der Waals surface area contributed by atoms with Gasteiger partial charge in [-0.15, -0.1) is 0 Å². The molecule has 1 saturated heterocycles. The predicted molar refractivity (Wildman–Crippen MR) is 122 cm³/mol. The number of anilines is 1. The van der Waals surface area contributed by atoms with Crippen LogP contribution in [0.15, 0.2) is 43.4 Å². The molecule has 32 heavy (non-hydrogen) atoms. The van der Waals surface area contributed by atoms with Gasteiger partial charge in [0.2, 0.25) is 11.9 Å². The second kappa shape index (κ2) is 9.84. The van der Waals surface area contributed by atoms with E-state index in [-0.39, 0.29) is 23.8 Å². The summed E-state index contributed by atoms with van der Waals surface area (Å²) in [5.74, 6) is 0.936. The Labute approximate surface area is 188 Å². The number of nitrogens with zero attached hydrogens (tertiary/aromatic N) is 7. The van der Waals surface area contributed by atoms with Gasteiger partial charge in [0.25, 0.3) is 0 Å². The molecule has 4 rings (SSSR count). The maximum atomic E-state index is 12.6. The van der Waals surface area contributed by atoms with Gasteiger partial charge >= 0.3 is 0 Å². The number of hydrogen-bond acceptors (Lipinski definition) is 7. The smallest absolute Gasteiger partial charge is 0.225 e. The van der Waals surface area contributed by atoms with Crippen LogP contribution in [0.1, 0.15) is 45.2 Å². The highest BCUT2D eigenvalue weighted by atomic mass is 16.2. The average molecular weight is 435 g/mol. The summed E-state index contributed by atoms with van der Waals surface area (Å²) in [5, 5.41) is 7.27. The van der Waals surface area contributed by atoms with E-state index in [9.17, 15) is 4.79 Å². The molecule has 9 nitrogen and oxygen atoms in total. The van der Waals surface area contributed by atoms with E-state index >= 15 is 0 Å². The molecule has 0 unspecified atom stereocenters. The molecular weight excluding hydrogens is 404 g/mol. The summed E-state index contributed by atoms with van der Waals surface area (Å²) < 4.78 is 1.69. The Kier molecular flexibility index (Phi) is 6.72. The van der Waals surface area contributed by atoms with Crippen molar-refractivity contribution in [2.45, 2.75) is 52.1 Å². The van der Waals surface area contributed by atoms with E-state index in [1.165, 1.54) is 6.33 Å². The second-order valence-electron chi connectivity index (χ2n) is 8.65.